The highest BCUT2D eigenvalue weighted by Crippen LogP contribution is 2.20. The van der Waals surface area contributed by atoms with Crippen LogP contribution in [0.3, 0.4) is 0 Å². The summed E-state index contributed by atoms with van der Waals surface area (Å²) in [7, 11) is 0. The molecule has 0 saturated heterocycles. The fourth-order valence-corrected chi connectivity index (χ4v) is 3.61. The Morgan fingerprint density at radius 1 is 1.39 bits per heavy atom. The summed E-state index contributed by atoms with van der Waals surface area (Å²) in [6.45, 7) is 4.42. The number of aromatic amines is 1. The summed E-state index contributed by atoms with van der Waals surface area (Å²) in [5.74, 6) is -0.0875. The topological polar surface area (TPSA) is 87.7 Å². The summed E-state index contributed by atoms with van der Waals surface area (Å²) >= 11 is 1.28. The maximum Gasteiger partial charge on any atom is 0.261 e. The highest BCUT2D eigenvalue weighted by atomic mass is 32.1. The summed E-state index contributed by atoms with van der Waals surface area (Å²) in [6.07, 6.45) is 3.99. The first-order valence-electron chi connectivity index (χ1n) is 7.90. The quantitative estimate of drug-likeness (QED) is 0.898. The zero-order valence-electron chi connectivity index (χ0n) is 13.3. The van der Waals surface area contributed by atoms with Gasteiger partial charge in [0.2, 0.25) is 0 Å². The lowest BCUT2D eigenvalue weighted by Gasteiger charge is -2.15. The molecule has 0 radical (unpaired) electrons. The van der Waals surface area contributed by atoms with Crippen LogP contribution < -0.4 is 10.9 Å². The van der Waals surface area contributed by atoms with Gasteiger partial charge in [-0.2, -0.15) is 0 Å². The van der Waals surface area contributed by atoms with Crippen LogP contribution in [0.4, 0.5) is 0 Å². The minimum absolute atomic E-state index is 0.189. The van der Waals surface area contributed by atoms with Gasteiger partial charge in [-0.05, 0) is 54.8 Å². The second-order valence-corrected chi connectivity index (χ2v) is 6.98. The minimum Gasteiger partial charge on any atom is -0.347 e. The molecule has 3 rings (SSSR count). The number of hydrogen-bond acceptors (Lipinski definition) is 5. The molecule has 23 heavy (non-hydrogen) atoms. The van der Waals surface area contributed by atoms with Gasteiger partial charge in [0.15, 0.2) is 0 Å². The lowest BCUT2D eigenvalue weighted by atomic mass is 9.95. The Kier molecular flexibility index (Phi) is 4.56. The van der Waals surface area contributed by atoms with E-state index in [-0.39, 0.29) is 22.9 Å². The molecule has 0 spiro atoms. The van der Waals surface area contributed by atoms with Crippen LogP contribution in [-0.2, 0) is 19.4 Å². The Labute approximate surface area is 138 Å². The van der Waals surface area contributed by atoms with Crippen LogP contribution in [-0.4, -0.2) is 20.5 Å². The third-order valence-electron chi connectivity index (χ3n) is 4.12. The van der Waals surface area contributed by atoms with Crippen LogP contribution in [0.15, 0.2) is 10.9 Å². The Morgan fingerprint density at radius 2 is 2.17 bits per heavy atom. The first kappa shape index (κ1) is 15.9. The van der Waals surface area contributed by atoms with Crippen molar-refractivity contribution in [1.29, 1.82) is 0 Å². The molecule has 1 aliphatic carbocycles. The molecular weight excluding hydrogens is 312 g/mol. The van der Waals surface area contributed by atoms with Crippen molar-refractivity contribution < 1.29 is 4.79 Å². The molecule has 2 aromatic rings. The zero-order chi connectivity index (χ0) is 16.4. The van der Waals surface area contributed by atoms with Gasteiger partial charge < -0.3 is 10.3 Å². The molecule has 2 N–H and O–H groups in total. The fourth-order valence-electron chi connectivity index (χ4n) is 2.88. The number of pyridine rings is 1. The van der Waals surface area contributed by atoms with Crippen molar-refractivity contribution in [3.05, 3.63) is 43.8 Å². The van der Waals surface area contributed by atoms with E-state index in [9.17, 15) is 9.59 Å². The molecule has 0 fully saturated rings. The molecule has 2 heterocycles. The van der Waals surface area contributed by atoms with Crippen molar-refractivity contribution in [2.24, 2.45) is 0 Å². The summed E-state index contributed by atoms with van der Waals surface area (Å²) < 4.78 is 3.94. The Morgan fingerprint density at radius 3 is 2.96 bits per heavy atom. The van der Waals surface area contributed by atoms with E-state index >= 15 is 0 Å². The molecule has 1 aliphatic rings. The van der Waals surface area contributed by atoms with E-state index in [1.54, 1.807) is 6.07 Å². The molecule has 0 unspecified atom stereocenters. The van der Waals surface area contributed by atoms with Crippen LogP contribution >= 0.6 is 11.5 Å². The summed E-state index contributed by atoms with van der Waals surface area (Å²) in [6, 6.07) is 1.75. The third-order valence-corrected chi connectivity index (χ3v) is 4.86. The van der Waals surface area contributed by atoms with E-state index in [1.165, 1.54) is 11.5 Å². The molecule has 7 heteroatoms. The monoisotopic (exact) mass is 332 g/mol. The molecule has 0 bridgehead atoms. The third kappa shape index (κ3) is 3.34. The number of rotatable bonds is 4. The number of nitrogens with one attached hydrogen (secondary N) is 2. The van der Waals surface area contributed by atoms with Crippen molar-refractivity contribution in [2.75, 3.05) is 0 Å². The van der Waals surface area contributed by atoms with Crippen molar-refractivity contribution >= 4 is 17.4 Å². The van der Waals surface area contributed by atoms with E-state index in [0.29, 0.717) is 6.54 Å². The molecule has 0 aliphatic heterocycles. The molecule has 6 nitrogen and oxygen atoms in total. The predicted molar refractivity (Wildman–Crippen MR) is 88.9 cm³/mol. The molecule has 2 aromatic heterocycles. The van der Waals surface area contributed by atoms with E-state index in [2.05, 4.69) is 19.9 Å². The van der Waals surface area contributed by atoms with Gasteiger partial charge in [0.1, 0.15) is 5.56 Å². The van der Waals surface area contributed by atoms with Crippen molar-refractivity contribution in [1.82, 2.24) is 19.9 Å². The minimum atomic E-state index is -0.345. The van der Waals surface area contributed by atoms with E-state index in [1.807, 2.05) is 13.8 Å². The molecular formula is C16H20N4O2S. The predicted octanol–water partition coefficient (Wildman–Crippen LogP) is 2.16. The standard InChI is InChI=1S/C16H20N4O2S/c1-9(2)14-13(23-20-19-14)8-17-15(21)11-7-10-5-3-4-6-12(10)18-16(11)22/h7,9H,3-6,8H2,1-2H3,(H,17,21)(H,18,22). The van der Waals surface area contributed by atoms with Gasteiger partial charge in [-0.1, -0.05) is 18.3 Å². The Balaban J connectivity index is 1.76. The van der Waals surface area contributed by atoms with Crippen LogP contribution in [0.25, 0.3) is 0 Å². The fraction of sp³-hybridized carbons (Fsp3) is 0.500. The number of H-pyrrole nitrogens is 1. The number of aryl methyl sites for hydroxylation is 2. The second-order valence-electron chi connectivity index (χ2n) is 6.14. The van der Waals surface area contributed by atoms with Gasteiger partial charge in [0.25, 0.3) is 11.5 Å². The zero-order valence-corrected chi connectivity index (χ0v) is 14.1. The molecule has 1 amide bonds. The summed E-state index contributed by atoms with van der Waals surface area (Å²) in [5, 5.41) is 6.91. The summed E-state index contributed by atoms with van der Waals surface area (Å²) in [4.78, 5) is 28.3. The van der Waals surface area contributed by atoms with Crippen LogP contribution in [0.1, 0.15) is 64.8 Å². The number of carbonyl (C=O) groups excluding carboxylic acids is 1. The normalized spacial score (nSPS) is 13.9. The number of aromatic nitrogens is 3. The van der Waals surface area contributed by atoms with Crippen LogP contribution in [0.2, 0.25) is 0 Å². The summed E-state index contributed by atoms with van der Waals surface area (Å²) in [5.41, 5.74) is 2.84. The Hall–Kier alpha value is -2.02. The van der Waals surface area contributed by atoms with Crippen LogP contribution in [0, 0.1) is 0 Å². The SMILES string of the molecule is CC(C)c1nnsc1CNC(=O)c1cc2c([nH]c1=O)CCCC2. The Bertz CT molecular complexity index is 779. The maximum atomic E-state index is 12.4. The highest BCUT2D eigenvalue weighted by molar-refractivity contribution is 7.05. The first-order chi connectivity index (χ1) is 11.1. The maximum absolute atomic E-state index is 12.4. The van der Waals surface area contributed by atoms with Crippen molar-refractivity contribution in [3.8, 4) is 0 Å². The van der Waals surface area contributed by atoms with Gasteiger partial charge in [-0.3, -0.25) is 9.59 Å². The largest absolute Gasteiger partial charge is 0.347 e. The van der Waals surface area contributed by atoms with Gasteiger partial charge in [0, 0.05) is 5.69 Å². The van der Waals surface area contributed by atoms with Gasteiger partial charge >= 0.3 is 0 Å². The average molecular weight is 332 g/mol. The number of nitrogens with zero attached hydrogens (tertiary/aromatic N) is 2. The highest BCUT2D eigenvalue weighted by Gasteiger charge is 2.18. The number of fused-ring (bicyclic) bond motifs is 1. The first-order valence-corrected chi connectivity index (χ1v) is 8.68. The lowest BCUT2D eigenvalue weighted by Crippen LogP contribution is -2.30. The molecule has 0 aromatic carbocycles. The second kappa shape index (κ2) is 6.62. The molecule has 0 saturated carbocycles. The van der Waals surface area contributed by atoms with Gasteiger partial charge in [0.05, 0.1) is 17.1 Å². The van der Waals surface area contributed by atoms with Crippen LogP contribution in [0.5, 0.6) is 0 Å². The van der Waals surface area contributed by atoms with Crippen molar-refractivity contribution in [2.45, 2.75) is 52.0 Å². The lowest BCUT2D eigenvalue weighted by molar-refractivity contribution is 0.0949. The van der Waals surface area contributed by atoms with E-state index in [0.717, 1.165) is 47.5 Å². The number of carbonyl (C=O) groups is 1. The molecule has 0 atom stereocenters. The van der Waals surface area contributed by atoms with Gasteiger partial charge in [-0.15, -0.1) is 5.10 Å². The van der Waals surface area contributed by atoms with E-state index in [4.69, 9.17) is 0 Å². The van der Waals surface area contributed by atoms with E-state index < -0.39 is 0 Å². The smallest absolute Gasteiger partial charge is 0.261 e. The molecule has 122 valence electrons. The number of amides is 1. The number of hydrogen-bond donors (Lipinski definition) is 2. The van der Waals surface area contributed by atoms with Gasteiger partial charge in [-0.25, -0.2) is 0 Å². The average Bonchev–Trinajstić information content (AvgIpc) is 3.00. The van der Waals surface area contributed by atoms with Crippen molar-refractivity contribution in [3.63, 3.8) is 0 Å².